The lowest BCUT2D eigenvalue weighted by Gasteiger charge is -2.31. The summed E-state index contributed by atoms with van der Waals surface area (Å²) in [5.41, 5.74) is 0.793. The van der Waals surface area contributed by atoms with E-state index in [2.05, 4.69) is 9.97 Å². The average Bonchev–Trinajstić information content (AvgIpc) is 2.56. The zero-order valence-electron chi connectivity index (χ0n) is 11.9. The third kappa shape index (κ3) is 3.00. The molecule has 0 saturated carbocycles. The van der Waals surface area contributed by atoms with Gasteiger partial charge >= 0.3 is 0 Å². The minimum absolute atomic E-state index is 0.00713. The molecule has 2 heterocycles. The lowest BCUT2D eigenvalue weighted by Crippen LogP contribution is -2.39. The van der Waals surface area contributed by atoms with E-state index in [1.807, 2.05) is 0 Å². The van der Waals surface area contributed by atoms with Gasteiger partial charge < -0.3 is 0 Å². The Kier molecular flexibility index (Phi) is 4.17. The molecule has 116 valence electrons. The van der Waals surface area contributed by atoms with Gasteiger partial charge in [0, 0.05) is 37.6 Å². The number of piperidine rings is 1. The Hall–Kier alpha value is -1.86. The molecule has 0 aliphatic carbocycles. The van der Waals surface area contributed by atoms with Crippen molar-refractivity contribution in [1.29, 1.82) is 0 Å². The predicted octanol–water partition coefficient (Wildman–Crippen LogP) is 2.18. The van der Waals surface area contributed by atoms with Crippen molar-refractivity contribution in [3.63, 3.8) is 0 Å². The monoisotopic (exact) mass is 321 g/mol. The highest BCUT2D eigenvalue weighted by atomic mass is 32.2. The summed E-state index contributed by atoms with van der Waals surface area (Å²) >= 11 is 0. The van der Waals surface area contributed by atoms with Crippen LogP contribution in [0.25, 0.3) is 0 Å². The van der Waals surface area contributed by atoms with Gasteiger partial charge in [-0.3, -0.25) is 9.97 Å². The van der Waals surface area contributed by atoms with E-state index in [1.165, 1.54) is 22.5 Å². The molecule has 1 aromatic carbocycles. The molecular formula is C15H16FN3O2S. The number of benzene rings is 1. The lowest BCUT2D eigenvalue weighted by atomic mass is 9.96. The van der Waals surface area contributed by atoms with Crippen molar-refractivity contribution in [2.24, 2.45) is 0 Å². The lowest BCUT2D eigenvalue weighted by molar-refractivity contribution is 0.312. The zero-order chi connectivity index (χ0) is 15.6. The number of halogens is 1. The molecule has 22 heavy (non-hydrogen) atoms. The Balaban J connectivity index is 1.85. The Labute approximate surface area is 128 Å². The first-order valence-corrected chi connectivity index (χ1v) is 8.53. The fourth-order valence-electron chi connectivity index (χ4n) is 2.70. The van der Waals surface area contributed by atoms with Gasteiger partial charge in [0.25, 0.3) is 0 Å². The van der Waals surface area contributed by atoms with Crippen molar-refractivity contribution in [3.8, 4) is 0 Å². The summed E-state index contributed by atoms with van der Waals surface area (Å²) in [5.74, 6) is -0.533. The van der Waals surface area contributed by atoms with Gasteiger partial charge in [-0.05, 0) is 31.0 Å². The molecule has 0 unspecified atom stereocenters. The fraction of sp³-hybridized carbons (Fsp3) is 0.333. The van der Waals surface area contributed by atoms with Gasteiger partial charge in [0.1, 0.15) is 5.82 Å². The molecule has 5 nitrogen and oxygen atoms in total. The number of aromatic nitrogens is 2. The SMILES string of the molecule is O=S(=O)(c1cccc(F)c1)N1CCC[C@@H](c2cnccn2)C1. The standard InChI is InChI=1S/C15H16FN3O2S/c16-13-4-1-5-14(9-13)22(20,21)19-8-2-3-12(11-19)15-10-17-6-7-18-15/h1,4-7,9-10,12H,2-3,8,11H2/t12-/m1/s1. The second kappa shape index (κ2) is 6.10. The maximum atomic E-state index is 13.3. The highest BCUT2D eigenvalue weighted by molar-refractivity contribution is 7.89. The minimum Gasteiger partial charge on any atom is -0.261 e. The summed E-state index contributed by atoms with van der Waals surface area (Å²) in [6.07, 6.45) is 6.48. The van der Waals surface area contributed by atoms with Gasteiger partial charge in [-0.15, -0.1) is 0 Å². The minimum atomic E-state index is -3.68. The van der Waals surface area contributed by atoms with E-state index in [-0.39, 0.29) is 10.8 Å². The number of nitrogens with zero attached hydrogens (tertiary/aromatic N) is 3. The van der Waals surface area contributed by atoms with Crippen molar-refractivity contribution in [1.82, 2.24) is 14.3 Å². The maximum Gasteiger partial charge on any atom is 0.243 e. The molecule has 0 spiro atoms. The van der Waals surface area contributed by atoms with E-state index < -0.39 is 15.8 Å². The van der Waals surface area contributed by atoms with Crippen LogP contribution < -0.4 is 0 Å². The van der Waals surface area contributed by atoms with E-state index in [1.54, 1.807) is 18.6 Å². The van der Waals surface area contributed by atoms with Gasteiger partial charge in [-0.2, -0.15) is 4.31 Å². The zero-order valence-corrected chi connectivity index (χ0v) is 12.7. The first kappa shape index (κ1) is 15.1. The van der Waals surface area contributed by atoms with Crippen LogP contribution in [0, 0.1) is 5.82 Å². The molecule has 1 aliphatic rings. The van der Waals surface area contributed by atoms with Crippen LogP contribution in [0.5, 0.6) is 0 Å². The Morgan fingerprint density at radius 3 is 2.86 bits per heavy atom. The van der Waals surface area contributed by atoms with Gasteiger partial charge in [0.15, 0.2) is 0 Å². The summed E-state index contributed by atoms with van der Waals surface area (Å²) in [4.78, 5) is 8.29. The summed E-state index contributed by atoms with van der Waals surface area (Å²) < 4.78 is 40.0. The van der Waals surface area contributed by atoms with Crippen LogP contribution in [0.3, 0.4) is 0 Å². The van der Waals surface area contributed by atoms with Gasteiger partial charge in [-0.25, -0.2) is 12.8 Å². The van der Waals surface area contributed by atoms with Crippen LogP contribution in [-0.2, 0) is 10.0 Å². The van der Waals surface area contributed by atoms with Gasteiger partial charge in [0.2, 0.25) is 10.0 Å². The Bertz CT molecular complexity index is 752. The normalized spacial score (nSPS) is 20.0. The molecular weight excluding hydrogens is 305 g/mol. The van der Waals surface area contributed by atoms with Crippen LogP contribution in [0.15, 0.2) is 47.8 Å². The maximum absolute atomic E-state index is 13.3. The average molecular weight is 321 g/mol. The van der Waals surface area contributed by atoms with Crippen molar-refractivity contribution >= 4 is 10.0 Å². The van der Waals surface area contributed by atoms with Crippen molar-refractivity contribution in [3.05, 3.63) is 54.4 Å². The molecule has 7 heteroatoms. The van der Waals surface area contributed by atoms with Gasteiger partial charge in [-0.1, -0.05) is 6.07 Å². The van der Waals surface area contributed by atoms with Crippen LogP contribution in [0.1, 0.15) is 24.5 Å². The molecule has 1 atom stereocenters. The van der Waals surface area contributed by atoms with Crippen molar-refractivity contribution in [2.75, 3.05) is 13.1 Å². The second-order valence-electron chi connectivity index (χ2n) is 5.29. The predicted molar refractivity (Wildman–Crippen MR) is 79.2 cm³/mol. The number of hydrogen-bond donors (Lipinski definition) is 0. The largest absolute Gasteiger partial charge is 0.261 e. The number of hydrogen-bond acceptors (Lipinski definition) is 4. The van der Waals surface area contributed by atoms with E-state index in [4.69, 9.17) is 0 Å². The highest BCUT2D eigenvalue weighted by Crippen LogP contribution is 2.29. The molecule has 3 rings (SSSR count). The van der Waals surface area contributed by atoms with E-state index in [0.29, 0.717) is 13.1 Å². The first-order valence-electron chi connectivity index (χ1n) is 7.09. The van der Waals surface area contributed by atoms with Crippen LogP contribution in [0.4, 0.5) is 4.39 Å². The van der Waals surface area contributed by atoms with Crippen LogP contribution in [0.2, 0.25) is 0 Å². The summed E-state index contributed by atoms with van der Waals surface area (Å²) in [6, 6.07) is 5.12. The third-order valence-electron chi connectivity index (χ3n) is 3.82. The smallest absolute Gasteiger partial charge is 0.243 e. The molecule has 1 fully saturated rings. The van der Waals surface area contributed by atoms with E-state index in [9.17, 15) is 12.8 Å². The Morgan fingerprint density at radius 2 is 2.14 bits per heavy atom. The van der Waals surface area contributed by atoms with Crippen LogP contribution in [-0.4, -0.2) is 35.8 Å². The van der Waals surface area contributed by atoms with Crippen LogP contribution >= 0.6 is 0 Å². The molecule has 0 bridgehead atoms. The molecule has 1 aliphatic heterocycles. The van der Waals surface area contributed by atoms with E-state index in [0.717, 1.165) is 24.6 Å². The number of sulfonamides is 1. The Morgan fingerprint density at radius 1 is 1.27 bits per heavy atom. The molecule has 1 aromatic heterocycles. The summed E-state index contributed by atoms with van der Waals surface area (Å²) in [7, 11) is -3.68. The molecule has 2 aromatic rings. The fourth-order valence-corrected chi connectivity index (χ4v) is 4.26. The molecule has 1 saturated heterocycles. The highest BCUT2D eigenvalue weighted by Gasteiger charge is 2.31. The summed E-state index contributed by atoms with van der Waals surface area (Å²) in [5, 5.41) is 0. The molecule has 0 radical (unpaired) electrons. The second-order valence-corrected chi connectivity index (χ2v) is 7.23. The molecule has 0 N–H and O–H groups in total. The number of rotatable bonds is 3. The topological polar surface area (TPSA) is 63.2 Å². The van der Waals surface area contributed by atoms with Crippen molar-refractivity contribution in [2.45, 2.75) is 23.7 Å². The molecule has 0 amide bonds. The van der Waals surface area contributed by atoms with Gasteiger partial charge in [0.05, 0.1) is 10.6 Å². The van der Waals surface area contributed by atoms with Crippen molar-refractivity contribution < 1.29 is 12.8 Å². The summed E-state index contributed by atoms with van der Waals surface area (Å²) in [6.45, 7) is 0.785. The first-order chi connectivity index (χ1) is 10.6. The quantitative estimate of drug-likeness (QED) is 0.869. The third-order valence-corrected chi connectivity index (χ3v) is 5.68. The van der Waals surface area contributed by atoms with E-state index >= 15 is 0 Å².